The fraction of sp³-hybridized carbons (Fsp3) is 0.225. The van der Waals surface area contributed by atoms with Crippen LogP contribution in [0, 0.1) is 11.5 Å². The lowest BCUT2D eigenvalue weighted by atomic mass is 9.88. The average molecular weight is 603 g/mol. The molecule has 0 spiro atoms. The van der Waals surface area contributed by atoms with E-state index in [-0.39, 0.29) is 0 Å². The van der Waals surface area contributed by atoms with Gasteiger partial charge in [-0.15, -0.1) is 10.6 Å². The van der Waals surface area contributed by atoms with Gasteiger partial charge in [-0.25, -0.2) is 4.68 Å². The van der Waals surface area contributed by atoms with E-state index in [4.69, 9.17) is 5.10 Å². The molecule has 0 radical (unpaired) electrons. The molecule has 45 heavy (non-hydrogen) atoms. The third kappa shape index (κ3) is 4.81. The minimum absolute atomic E-state index is 0.548. The van der Waals surface area contributed by atoms with Gasteiger partial charge in [0.2, 0.25) is 0 Å². The molecular formula is C40H38N4Si. The zero-order chi connectivity index (χ0) is 31.3. The third-order valence-electron chi connectivity index (χ3n) is 9.80. The topological polar surface area (TPSA) is 43.6 Å². The Bertz CT molecular complexity index is 2150. The van der Waals surface area contributed by atoms with Crippen LogP contribution in [0.1, 0.15) is 47.1 Å². The van der Waals surface area contributed by atoms with Crippen molar-refractivity contribution in [3.63, 3.8) is 0 Å². The molecule has 0 saturated carbocycles. The maximum atomic E-state index is 4.77. The molecule has 222 valence electrons. The molecule has 0 amide bonds. The fourth-order valence-electron chi connectivity index (χ4n) is 7.61. The number of hydrogen-bond acceptors (Lipinski definition) is 3. The molecule has 0 bridgehead atoms. The highest BCUT2D eigenvalue weighted by Crippen LogP contribution is 2.44. The first-order valence-electron chi connectivity index (χ1n) is 15.9. The Balaban J connectivity index is 1.64. The molecule has 2 aromatic heterocycles. The van der Waals surface area contributed by atoms with Gasteiger partial charge in [-0.2, -0.15) is 0 Å². The molecule has 7 aromatic rings. The van der Waals surface area contributed by atoms with Crippen LogP contribution in [0.5, 0.6) is 0 Å². The lowest BCUT2D eigenvalue weighted by Gasteiger charge is -2.38. The van der Waals surface area contributed by atoms with E-state index in [1.165, 1.54) is 21.5 Å². The highest BCUT2D eigenvalue weighted by molar-refractivity contribution is 6.90. The Morgan fingerprint density at radius 3 is 1.56 bits per heavy atom. The van der Waals surface area contributed by atoms with Crippen LogP contribution in [0.2, 0.25) is 16.6 Å². The summed E-state index contributed by atoms with van der Waals surface area (Å²) in [5.74, 6) is 3.92. The van der Waals surface area contributed by atoms with Gasteiger partial charge in [-0.05, 0) is 96.1 Å². The number of rotatable bonds is 5. The fourth-order valence-corrected chi connectivity index (χ4v) is 12.8. The van der Waals surface area contributed by atoms with Crippen molar-refractivity contribution in [1.82, 2.24) is 20.0 Å². The van der Waals surface area contributed by atoms with E-state index in [1.54, 1.807) is 12.4 Å². The zero-order valence-electron chi connectivity index (χ0n) is 26.8. The van der Waals surface area contributed by atoms with E-state index >= 15 is 0 Å². The molecule has 0 aliphatic rings. The predicted octanol–water partition coefficient (Wildman–Crippen LogP) is 10.5. The van der Waals surface area contributed by atoms with Crippen LogP contribution in [0.15, 0.2) is 104 Å². The number of pyridine rings is 1. The second kappa shape index (κ2) is 11.3. The Morgan fingerprint density at radius 2 is 1.09 bits per heavy atom. The van der Waals surface area contributed by atoms with Crippen LogP contribution in [0.4, 0.5) is 0 Å². The van der Waals surface area contributed by atoms with Gasteiger partial charge in [-0.3, -0.25) is 4.98 Å². The van der Waals surface area contributed by atoms with Crippen LogP contribution in [0.3, 0.4) is 0 Å². The van der Waals surface area contributed by atoms with Gasteiger partial charge in [-0.1, -0.05) is 101 Å². The van der Waals surface area contributed by atoms with Gasteiger partial charge in [0.05, 0.1) is 11.9 Å². The lowest BCUT2D eigenvalue weighted by Crippen LogP contribution is -2.43. The summed E-state index contributed by atoms with van der Waals surface area (Å²) in [4.78, 5) is 4.18. The quantitative estimate of drug-likeness (QED) is 0.112. The molecule has 2 heterocycles. The van der Waals surface area contributed by atoms with E-state index in [2.05, 4.69) is 136 Å². The highest BCUT2D eigenvalue weighted by Gasteiger charge is 2.41. The van der Waals surface area contributed by atoms with Crippen LogP contribution in [-0.4, -0.2) is 28.1 Å². The molecule has 0 aliphatic heterocycles. The third-order valence-corrected chi connectivity index (χ3v) is 16.1. The summed E-state index contributed by atoms with van der Waals surface area (Å²) in [5, 5.41) is 18.8. The van der Waals surface area contributed by atoms with Crippen LogP contribution in [0.25, 0.3) is 60.0 Å². The van der Waals surface area contributed by atoms with E-state index in [9.17, 15) is 0 Å². The van der Waals surface area contributed by atoms with Crippen molar-refractivity contribution < 1.29 is 0 Å². The van der Waals surface area contributed by atoms with Gasteiger partial charge in [0.1, 0.15) is 13.8 Å². The summed E-state index contributed by atoms with van der Waals surface area (Å²) >= 11 is 0. The number of hydrogen-bond donors (Lipinski definition) is 0. The molecule has 4 nitrogen and oxygen atoms in total. The Labute approximate surface area is 266 Å². The summed E-state index contributed by atoms with van der Waals surface area (Å²) in [6, 6.07) is 30.4. The molecule has 0 N–H and O–H groups in total. The number of fused-ring (bicyclic) bond motifs is 4. The minimum Gasteiger partial charge on any atom is -0.265 e. The largest absolute Gasteiger partial charge is 0.265 e. The van der Waals surface area contributed by atoms with Crippen molar-refractivity contribution in [3.05, 3.63) is 109 Å². The van der Waals surface area contributed by atoms with Crippen molar-refractivity contribution in [1.29, 1.82) is 0 Å². The SMILES string of the molecule is CC(C)[Si](C#Cc1c2cc3ccccc3cc2c(-c2cn(-c3ccncc3)nn2)c2cc3ccccc3cc12)(C(C)C)C(C)C. The summed E-state index contributed by atoms with van der Waals surface area (Å²) < 4.78 is 1.83. The second-order valence-electron chi connectivity index (χ2n) is 13.1. The number of benzene rings is 5. The lowest BCUT2D eigenvalue weighted by molar-refractivity contribution is 0.802. The second-order valence-corrected chi connectivity index (χ2v) is 18.7. The van der Waals surface area contributed by atoms with Crippen LogP contribution in [-0.2, 0) is 0 Å². The van der Waals surface area contributed by atoms with Crippen LogP contribution < -0.4 is 0 Å². The number of aromatic nitrogens is 4. The van der Waals surface area contributed by atoms with Gasteiger partial charge < -0.3 is 0 Å². The van der Waals surface area contributed by atoms with Gasteiger partial charge in [0.25, 0.3) is 0 Å². The molecule has 0 atom stereocenters. The summed E-state index contributed by atoms with van der Waals surface area (Å²) in [5.41, 5.74) is 9.66. The van der Waals surface area contributed by atoms with E-state index < -0.39 is 8.07 Å². The molecule has 0 aliphatic carbocycles. The molecule has 0 saturated heterocycles. The minimum atomic E-state index is -2.00. The molecule has 0 fully saturated rings. The van der Waals surface area contributed by atoms with Crippen molar-refractivity contribution in [2.45, 2.75) is 58.2 Å². The first kappa shape index (κ1) is 28.9. The van der Waals surface area contributed by atoms with Gasteiger partial charge in [0.15, 0.2) is 0 Å². The van der Waals surface area contributed by atoms with E-state index in [0.29, 0.717) is 16.6 Å². The van der Waals surface area contributed by atoms with Gasteiger partial charge >= 0.3 is 0 Å². The monoisotopic (exact) mass is 602 g/mol. The standard InChI is InChI=1S/C40H38N4Si/c1-26(2)45(27(3)4,28(5)6)20-17-34-35-21-29-11-7-9-13-31(29)23-37(35)40(38-24-32-14-10-8-12-30(32)22-36(34)38)39-25-44(43-42-39)33-15-18-41-19-16-33/h7-16,18-19,21-28H,1-6H3. The van der Waals surface area contributed by atoms with Crippen molar-refractivity contribution in [2.24, 2.45) is 0 Å². The van der Waals surface area contributed by atoms with Gasteiger partial charge in [0, 0.05) is 23.5 Å². The summed E-state index contributed by atoms with van der Waals surface area (Å²) in [6.07, 6.45) is 5.59. The Hall–Kier alpha value is -4.79. The smallest absolute Gasteiger partial charge is 0.146 e. The zero-order valence-corrected chi connectivity index (χ0v) is 27.8. The first-order chi connectivity index (χ1) is 21.8. The molecule has 5 aromatic carbocycles. The van der Waals surface area contributed by atoms with Crippen molar-refractivity contribution in [2.75, 3.05) is 0 Å². The molecule has 7 rings (SSSR count). The predicted molar refractivity (Wildman–Crippen MR) is 193 cm³/mol. The molecular weight excluding hydrogens is 565 g/mol. The van der Waals surface area contributed by atoms with Crippen molar-refractivity contribution >= 4 is 51.2 Å². The highest BCUT2D eigenvalue weighted by atomic mass is 28.3. The normalized spacial score (nSPS) is 12.2. The summed E-state index contributed by atoms with van der Waals surface area (Å²) in [7, 11) is -2.00. The van der Waals surface area contributed by atoms with E-state index in [1.807, 2.05) is 23.0 Å². The Morgan fingerprint density at radius 1 is 0.622 bits per heavy atom. The molecule has 5 heteroatoms. The average Bonchev–Trinajstić information content (AvgIpc) is 3.53. The summed E-state index contributed by atoms with van der Waals surface area (Å²) in [6.45, 7) is 14.3. The van der Waals surface area contributed by atoms with Crippen LogP contribution >= 0.6 is 0 Å². The first-order valence-corrected chi connectivity index (χ1v) is 18.2. The number of nitrogens with zero attached hydrogens (tertiary/aromatic N) is 4. The van der Waals surface area contributed by atoms with E-state index in [0.717, 1.165) is 44.1 Å². The van der Waals surface area contributed by atoms with Crippen molar-refractivity contribution in [3.8, 4) is 28.4 Å². The molecule has 0 unspecified atom stereocenters. The Kier molecular flexibility index (Phi) is 7.26. The maximum absolute atomic E-state index is 4.77. The maximum Gasteiger partial charge on any atom is 0.146 e.